The first kappa shape index (κ1) is 52.8. The molecule has 4 aromatic rings. The molecule has 2 aliphatic heterocycles. The molecule has 5 heterocycles. The van der Waals surface area contributed by atoms with E-state index in [0.29, 0.717) is 121 Å². The van der Waals surface area contributed by atoms with E-state index < -0.39 is 24.1 Å². The second kappa shape index (κ2) is 26.4. The number of benzene rings is 1. The maximum Gasteiger partial charge on any atom is 0.303 e. The van der Waals surface area contributed by atoms with E-state index in [9.17, 15) is 29.7 Å². The van der Waals surface area contributed by atoms with Crippen molar-refractivity contribution in [1.29, 1.82) is 0 Å². The Labute approximate surface area is 406 Å². The molecule has 2 amide bonds. The van der Waals surface area contributed by atoms with Gasteiger partial charge in [-0.1, -0.05) is 42.3 Å². The fourth-order valence-electron chi connectivity index (χ4n) is 7.92. The van der Waals surface area contributed by atoms with Crippen molar-refractivity contribution < 1.29 is 43.9 Å². The summed E-state index contributed by atoms with van der Waals surface area (Å²) in [5.41, 5.74) is 14.1. The molecule has 2 unspecified atom stereocenters. The van der Waals surface area contributed by atoms with Crippen LogP contribution in [-0.4, -0.2) is 193 Å². The van der Waals surface area contributed by atoms with Crippen LogP contribution < -0.4 is 26.6 Å². The van der Waals surface area contributed by atoms with E-state index in [-0.39, 0.29) is 68.4 Å². The van der Waals surface area contributed by atoms with Gasteiger partial charge in [-0.15, -0.1) is 16.6 Å². The first-order valence-electron chi connectivity index (χ1n) is 23.5. The molecule has 25 nitrogen and oxygen atoms in total. The van der Waals surface area contributed by atoms with Crippen LogP contribution >= 0.6 is 0 Å². The summed E-state index contributed by atoms with van der Waals surface area (Å²) in [6.45, 7) is 9.06. The van der Waals surface area contributed by atoms with Crippen LogP contribution in [-0.2, 0) is 35.0 Å². The molecule has 1 aromatic carbocycles. The predicted molar refractivity (Wildman–Crippen MR) is 254 cm³/mol. The van der Waals surface area contributed by atoms with Gasteiger partial charge in [0.15, 0.2) is 0 Å². The van der Waals surface area contributed by atoms with Crippen LogP contribution in [0.4, 0.5) is 17.8 Å². The van der Waals surface area contributed by atoms with Crippen LogP contribution in [0.5, 0.6) is 5.75 Å². The second-order valence-corrected chi connectivity index (χ2v) is 17.4. The number of nitrogens with zero attached hydrogens (tertiary/aromatic N) is 13. The highest BCUT2D eigenvalue weighted by atomic mass is 16.5. The average molecular weight is 975 g/mol. The molecule has 380 valence electrons. The van der Waals surface area contributed by atoms with Gasteiger partial charge < -0.3 is 65.9 Å². The monoisotopic (exact) mass is 975 g/mol. The summed E-state index contributed by atoms with van der Waals surface area (Å²) in [4.78, 5) is 61.8. The van der Waals surface area contributed by atoms with Crippen molar-refractivity contribution in [1.82, 2.24) is 54.7 Å². The van der Waals surface area contributed by atoms with Gasteiger partial charge in [0.1, 0.15) is 30.1 Å². The normalized spacial score (nSPS) is 16.0. The number of piperazine rings is 2. The number of aliphatic hydroxyl groups is 1. The number of hydrogen-bond donors (Lipinski definition) is 6. The summed E-state index contributed by atoms with van der Waals surface area (Å²) in [5, 5.41) is 48.9. The number of carboxylic acids is 1. The lowest BCUT2D eigenvalue weighted by atomic mass is 10.0. The maximum atomic E-state index is 14.4. The Hall–Kier alpha value is -6.56. The summed E-state index contributed by atoms with van der Waals surface area (Å²) in [5.74, 6) is 2.44. The zero-order chi connectivity index (χ0) is 50.0. The number of hydrogen-bond acceptors (Lipinski definition) is 20. The molecule has 4 atom stereocenters. The lowest BCUT2D eigenvalue weighted by Gasteiger charge is -2.38. The highest BCUT2D eigenvalue weighted by Crippen LogP contribution is 2.26. The largest absolute Gasteiger partial charge is 0.508 e. The number of terminal acetylenes is 1. The zero-order valence-electron chi connectivity index (χ0n) is 39.8. The van der Waals surface area contributed by atoms with Crippen molar-refractivity contribution in [3.8, 4) is 18.1 Å². The fourth-order valence-corrected chi connectivity index (χ4v) is 7.92. The molecule has 3 aromatic heterocycles. The number of aromatic nitrogens is 9. The molecule has 25 heteroatoms. The summed E-state index contributed by atoms with van der Waals surface area (Å²) in [6.07, 6.45) is 9.14. The molecular weight excluding hydrogens is 909 g/mol. The number of nitrogens with two attached hydrogens (primary N) is 2. The molecule has 2 aliphatic rings. The number of ether oxygens (including phenoxy) is 3. The van der Waals surface area contributed by atoms with Gasteiger partial charge in [0.2, 0.25) is 29.7 Å². The Balaban J connectivity index is 1.14. The third-order valence-electron chi connectivity index (χ3n) is 11.8. The standard InChI is InChI=1S/C45H66N16O9/c1-4-20-68-22-24-70-25-23-69-21-11-48-43-49-44(58-16-12-56(13-17-58)41(66)38(9-10-40(64)65)60-29-37(53-54-60)35(47)30-62)51-45(50-43)59-18-14-57(15-19-59)42(67)39(27-32-5-7-33(63)8-6-32)61-28-36(52-55-61)34(46)26-31(2)3/h1,5-8,28-29,31,34-35,38-39,62-63H,9-27,30,46-47H2,2-3H3,(H,64,65)(H,48,49,50,51)/t34?,35?,38-,39+/m0/s1. The van der Waals surface area contributed by atoms with Gasteiger partial charge in [0, 0.05) is 71.7 Å². The number of aliphatic hydroxyl groups excluding tert-OH is 1. The Morgan fingerprint density at radius 2 is 1.29 bits per heavy atom. The zero-order valence-corrected chi connectivity index (χ0v) is 39.8. The van der Waals surface area contributed by atoms with E-state index in [1.165, 1.54) is 10.9 Å². The SMILES string of the molecule is C#CCOCCOCCOCCNc1nc(N2CCN(C(=O)[C@@H](Cc3ccc(O)cc3)n3cc(C(N)CC(C)C)nn3)CC2)nc(N2CCN(C(=O)[C@H](CCC(=O)O)n3cc(C(N)CO)nn3)CC2)n1. The molecule has 6 rings (SSSR count). The highest BCUT2D eigenvalue weighted by molar-refractivity contribution is 5.82. The van der Waals surface area contributed by atoms with Gasteiger partial charge in [-0.2, -0.15) is 15.0 Å². The number of carboxylic acid groups (broad SMARTS) is 1. The highest BCUT2D eigenvalue weighted by Gasteiger charge is 2.34. The van der Waals surface area contributed by atoms with Crippen molar-refractivity contribution in [3.63, 3.8) is 0 Å². The quantitative estimate of drug-likeness (QED) is 0.0332. The summed E-state index contributed by atoms with van der Waals surface area (Å²) in [6, 6.07) is 3.93. The van der Waals surface area contributed by atoms with Gasteiger partial charge >= 0.3 is 5.97 Å². The second-order valence-electron chi connectivity index (χ2n) is 17.4. The first-order valence-corrected chi connectivity index (χ1v) is 23.5. The van der Waals surface area contributed by atoms with Crippen molar-refractivity contribution in [2.75, 3.05) is 120 Å². The minimum Gasteiger partial charge on any atom is -0.508 e. The number of phenols is 1. The molecular formula is C45H66N16O9. The molecule has 0 radical (unpaired) electrons. The number of nitrogens with one attached hydrogen (secondary N) is 1. The van der Waals surface area contributed by atoms with Crippen LogP contribution in [0.2, 0.25) is 0 Å². The number of rotatable bonds is 27. The predicted octanol–water partition coefficient (Wildman–Crippen LogP) is -0.220. The Morgan fingerprint density at radius 1 is 0.757 bits per heavy atom. The summed E-state index contributed by atoms with van der Waals surface area (Å²) >= 11 is 0. The van der Waals surface area contributed by atoms with Gasteiger partial charge in [0.05, 0.1) is 69.8 Å². The van der Waals surface area contributed by atoms with Crippen molar-refractivity contribution in [3.05, 3.63) is 53.6 Å². The number of amides is 2. The Bertz CT molecular complexity index is 2310. The summed E-state index contributed by atoms with van der Waals surface area (Å²) in [7, 11) is 0. The Morgan fingerprint density at radius 3 is 1.83 bits per heavy atom. The van der Waals surface area contributed by atoms with E-state index >= 15 is 0 Å². The lowest BCUT2D eigenvalue weighted by molar-refractivity contribution is -0.139. The molecule has 0 aliphatic carbocycles. The maximum absolute atomic E-state index is 14.4. The van der Waals surface area contributed by atoms with Crippen molar-refractivity contribution >= 4 is 35.6 Å². The van der Waals surface area contributed by atoms with Crippen molar-refractivity contribution in [2.45, 2.75) is 63.7 Å². The molecule has 0 saturated carbocycles. The summed E-state index contributed by atoms with van der Waals surface area (Å²) < 4.78 is 19.4. The van der Waals surface area contributed by atoms with Crippen LogP contribution in [0.3, 0.4) is 0 Å². The number of aliphatic carboxylic acids is 1. The smallest absolute Gasteiger partial charge is 0.303 e. The van der Waals surface area contributed by atoms with Crippen LogP contribution in [0.15, 0.2) is 36.7 Å². The van der Waals surface area contributed by atoms with Crippen LogP contribution in [0.25, 0.3) is 0 Å². The van der Waals surface area contributed by atoms with E-state index in [2.05, 4.69) is 45.7 Å². The molecule has 8 N–H and O–H groups in total. The van der Waals surface area contributed by atoms with E-state index in [0.717, 1.165) is 5.56 Å². The van der Waals surface area contributed by atoms with E-state index in [1.54, 1.807) is 44.9 Å². The first-order chi connectivity index (χ1) is 33.8. The molecule has 2 fully saturated rings. The van der Waals surface area contributed by atoms with Crippen LogP contribution in [0, 0.1) is 18.3 Å². The number of carbonyl (C=O) groups is 3. The minimum atomic E-state index is -1.06. The minimum absolute atomic E-state index is 0.0251. The topological polar surface area (TPSA) is 317 Å². The van der Waals surface area contributed by atoms with Gasteiger partial charge in [-0.05, 0) is 36.5 Å². The number of phenolic OH excluding ortho intramolecular Hbond substituents is 1. The third kappa shape index (κ3) is 15.2. The van der Waals surface area contributed by atoms with Gasteiger partial charge in [-0.3, -0.25) is 14.4 Å². The third-order valence-corrected chi connectivity index (χ3v) is 11.8. The van der Waals surface area contributed by atoms with E-state index in [4.69, 9.17) is 47.1 Å². The van der Waals surface area contributed by atoms with Crippen molar-refractivity contribution in [2.24, 2.45) is 17.4 Å². The van der Waals surface area contributed by atoms with Crippen LogP contribution in [0.1, 0.15) is 74.2 Å². The molecule has 0 spiro atoms. The van der Waals surface area contributed by atoms with Gasteiger partial charge in [-0.25, -0.2) is 9.36 Å². The molecule has 0 bridgehead atoms. The van der Waals surface area contributed by atoms with Gasteiger partial charge in [0.25, 0.3) is 0 Å². The number of carbonyl (C=O) groups excluding carboxylic acids is 2. The number of anilines is 3. The number of aromatic hydroxyl groups is 1. The van der Waals surface area contributed by atoms with E-state index in [1.807, 2.05) is 9.80 Å². The Kier molecular flexibility index (Phi) is 19.9. The molecule has 2 saturated heterocycles. The lowest BCUT2D eigenvalue weighted by Crippen LogP contribution is -2.52. The molecule has 70 heavy (non-hydrogen) atoms. The average Bonchev–Trinajstić information content (AvgIpc) is 4.07. The fraction of sp³-hybridized carbons (Fsp3) is 0.600.